The molecule has 1 aliphatic carbocycles. The minimum atomic E-state index is 0.594. The first-order valence-corrected chi connectivity index (χ1v) is 7.64. The van der Waals surface area contributed by atoms with Crippen LogP contribution >= 0.6 is 0 Å². The fourth-order valence-corrected chi connectivity index (χ4v) is 3.77. The summed E-state index contributed by atoms with van der Waals surface area (Å²) in [6.07, 6.45) is 8.06. The second kappa shape index (κ2) is 5.05. The van der Waals surface area contributed by atoms with Gasteiger partial charge in [0.1, 0.15) is 11.6 Å². The molecule has 0 radical (unpaired) electrons. The Morgan fingerprint density at radius 3 is 2.30 bits per heavy atom. The molecule has 0 atom stereocenters. The van der Waals surface area contributed by atoms with E-state index in [0.29, 0.717) is 11.0 Å². The van der Waals surface area contributed by atoms with Crippen LogP contribution in [0.15, 0.2) is 0 Å². The van der Waals surface area contributed by atoms with Crippen molar-refractivity contribution in [2.75, 3.05) is 18.0 Å². The highest BCUT2D eigenvalue weighted by atomic mass is 15.3. The van der Waals surface area contributed by atoms with Crippen LogP contribution in [-0.2, 0) is 0 Å². The minimum absolute atomic E-state index is 0.594. The Bertz CT molecular complexity index is 542. The molecule has 2 aliphatic rings. The van der Waals surface area contributed by atoms with Crippen molar-refractivity contribution in [3.8, 4) is 6.07 Å². The van der Waals surface area contributed by atoms with Gasteiger partial charge in [-0.3, -0.25) is 0 Å². The summed E-state index contributed by atoms with van der Waals surface area (Å²) in [5.41, 5.74) is 3.13. The number of piperidine rings is 1. The maximum atomic E-state index is 9.41. The van der Waals surface area contributed by atoms with Gasteiger partial charge in [0.15, 0.2) is 5.82 Å². The van der Waals surface area contributed by atoms with Crippen LogP contribution in [0.25, 0.3) is 0 Å². The summed E-state index contributed by atoms with van der Waals surface area (Å²) in [6, 6.07) is 2.32. The molecule has 0 aromatic carbocycles. The Kier molecular flexibility index (Phi) is 3.37. The van der Waals surface area contributed by atoms with E-state index in [1.54, 1.807) is 0 Å². The van der Waals surface area contributed by atoms with Gasteiger partial charge in [-0.25, -0.2) is 0 Å². The fraction of sp³-hybridized carbons (Fsp3) is 0.688. The summed E-state index contributed by atoms with van der Waals surface area (Å²) in [7, 11) is 0. The second-order valence-corrected chi connectivity index (χ2v) is 6.41. The van der Waals surface area contributed by atoms with E-state index in [-0.39, 0.29) is 0 Å². The van der Waals surface area contributed by atoms with Gasteiger partial charge < -0.3 is 4.90 Å². The van der Waals surface area contributed by atoms with E-state index in [9.17, 15) is 5.26 Å². The highest BCUT2D eigenvalue weighted by molar-refractivity contribution is 5.57. The van der Waals surface area contributed by atoms with E-state index in [2.05, 4.69) is 21.2 Å². The van der Waals surface area contributed by atoms with Gasteiger partial charge in [0, 0.05) is 13.1 Å². The lowest BCUT2D eigenvalue weighted by Crippen LogP contribution is -2.39. The van der Waals surface area contributed by atoms with Crippen molar-refractivity contribution in [2.24, 2.45) is 5.41 Å². The van der Waals surface area contributed by atoms with Gasteiger partial charge in [0.25, 0.3) is 0 Å². The van der Waals surface area contributed by atoms with Crippen molar-refractivity contribution < 1.29 is 0 Å². The van der Waals surface area contributed by atoms with Crippen LogP contribution in [0.1, 0.15) is 55.3 Å². The molecule has 1 aromatic rings. The highest BCUT2D eigenvalue weighted by Gasteiger charge is 2.37. The van der Waals surface area contributed by atoms with Crippen LogP contribution in [0.2, 0.25) is 0 Å². The molecule has 0 unspecified atom stereocenters. The van der Waals surface area contributed by atoms with Crippen LogP contribution < -0.4 is 4.90 Å². The van der Waals surface area contributed by atoms with Crippen LogP contribution in [-0.4, -0.2) is 23.3 Å². The van der Waals surface area contributed by atoms with Gasteiger partial charge in [-0.2, -0.15) is 10.4 Å². The molecule has 106 valence electrons. The van der Waals surface area contributed by atoms with Crippen molar-refractivity contribution >= 4 is 5.82 Å². The molecule has 1 saturated carbocycles. The lowest BCUT2D eigenvalue weighted by molar-refractivity contribution is 0.226. The van der Waals surface area contributed by atoms with Crippen molar-refractivity contribution in [2.45, 2.75) is 52.4 Å². The molecule has 0 bridgehead atoms. The SMILES string of the molecule is Cc1nnc(N2CCC3(CCCC3)CC2)c(C#N)c1C. The normalized spacial score (nSPS) is 21.1. The minimum Gasteiger partial charge on any atom is -0.354 e. The van der Waals surface area contributed by atoms with Crippen LogP contribution in [0.4, 0.5) is 5.82 Å². The predicted molar refractivity (Wildman–Crippen MR) is 78.6 cm³/mol. The van der Waals surface area contributed by atoms with Crippen molar-refractivity contribution in [1.29, 1.82) is 5.26 Å². The van der Waals surface area contributed by atoms with Crippen LogP contribution in [0.5, 0.6) is 0 Å². The highest BCUT2D eigenvalue weighted by Crippen LogP contribution is 2.46. The van der Waals surface area contributed by atoms with Gasteiger partial charge >= 0.3 is 0 Å². The number of rotatable bonds is 1. The zero-order chi connectivity index (χ0) is 14.2. The van der Waals surface area contributed by atoms with E-state index >= 15 is 0 Å². The standard InChI is InChI=1S/C16H22N4/c1-12-13(2)18-19-15(14(12)11-17)20-9-7-16(8-10-20)5-3-4-6-16/h3-10H2,1-2H3. The fourth-order valence-electron chi connectivity index (χ4n) is 3.77. The maximum absolute atomic E-state index is 9.41. The number of hydrogen-bond donors (Lipinski definition) is 0. The van der Waals surface area contributed by atoms with E-state index in [4.69, 9.17) is 0 Å². The Balaban J connectivity index is 1.82. The molecular formula is C16H22N4. The predicted octanol–water partition coefficient (Wildman–Crippen LogP) is 3.13. The molecule has 1 aromatic heterocycles. The molecule has 2 fully saturated rings. The van der Waals surface area contributed by atoms with Gasteiger partial charge in [0.05, 0.1) is 5.69 Å². The first-order chi connectivity index (χ1) is 9.65. The van der Waals surface area contributed by atoms with Gasteiger partial charge in [-0.1, -0.05) is 12.8 Å². The summed E-state index contributed by atoms with van der Waals surface area (Å²) in [4.78, 5) is 2.27. The van der Waals surface area contributed by atoms with E-state index < -0.39 is 0 Å². The second-order valence-electron chi connectivity index (χ2n) is 6.41. The molecule has 4 heteroatoms. The Morgan fingerprint density at radius 1 is 1.05 bits per heavy atom. The zero-order valence-corrected chi connectivity index (χ0v) is 12.4. The van der Waals surface area contributed by atoms with Gasteiger partial charge in [0.2, 0.25) is 0 Å². The zero-order valence-electron chi connectivity index (χ0n) is 12.4. The van der Waals surface area contributed by atoms with Gasteiger partial charge in [-0.05, 0) is 50.5 Å². The number of anilines is 1. The van der Waals surface area contributed by atoms with Crippen LogP contribution in [0, 0.1) is 30.6 Å². The van der Waals surface area contributed by atoms with E-state index in [1.807, 2.05) is 13.8 Å². The number of nitriles is 1. The quantitative estimate of drug-likeness (QED) is 0.786. The monoisotopic (exact) mass is 270 g/mol. The smallest absolute Gasteiger partial charge is 0.169 e. The Morgan fingerprint density at radius 2 is 1.70 bits per heavy atom. The first kappa shape index (κ1) is 13.4. The summed E-state index contributed by atoms with van der Waals surface area (Å²) in [5.74, 6) is 0.795. The van der Waals surface area contributed by atoms with Crippen molar-refractivity contribution in [3.63, 3.8) is 0 Å². The van der Waals surface area contributed by atoms with Crippen LogP contribution in [0.3, 0.4) is 0 Å². The summed E-state index contributed by atoms with van der Waals surface area (Å²) in [5, 5.41) is 17.9. The van der Waals surface area contributed by atoms with Crippen molar-refractivity contribution in [1.82, 2.24) is 10.2 Å². The molecule has 2 heterocycles. The van der Waals surface area contributed by atoms with Crippen molar-refractivity contribution in [3.05, 3.63) is 16.8 Å². The maximum Gasteiger partial charge on any atom is 0.169 e. The summed E-state index contributed by atoms with van der Waals surface area (Å²) < 4.78 is 0. The first-order valence-electron chi connectivity index (χ1n) is 7.64. The molecule has 3 rings (SSSR count). The molecule has 0 amide bonds. The third kappa shape index (κ3) is 2.15. The summed E-state index contributed by atoms with van der Waals surface area (Å²) >= 11 is 0. The molecule has 1 aliphatic heterocycles. The molecule has 4 nitrogen and oxygen atoms in total. The largest absolute Gasteiger partial charge is 0.354 e. The number of hydrogen-bond acceptors (Lipinski definition) is 4. The Labute approximate surface area is 120 Å². The average Bonchev–Trinajstić information content (AvgIpc) is 2.91. The summed E-state index contributed by atoms with van der Waals surface area (Å²) in [6.45, 7) is 5.92. The molecular weight excluding hydrogens is 248 g/mol. The molecule has 1 spiro atoms. The lowest BCUT2D eigenvalue weighted by atomic mass is 9.77. The number of aryl methyl sites for hydroxylation is 1. The molecule has 1 saturated heterocycles. The topological polar surface area (TPSA) is 52.8 Å². The van der Waals surface area contributed by atoms with Gasteiger partial charge in [-0.15, -0.1) is 5.10 Å². The molecule has 20 heavy (non-hydrogen) atoms. The average molecular weight is 270 g/mol. The lowest BCUT2D eigenvalue weighted by Gasteiger charge is -2.40. The van der Waals surface area contributed by atoms with E-state index in [0.717, 1.165) is 30.2 Å². The third-order valence-electron chi connectivity index (χ3n) is 5.34. The molecule has 0 N–H and O–H groups in total. The number of nitrogens with zero attached hydrogens (tertiary/aromatic N) is 4. The third-order valence-corrected chi connectivity index (χ3v) is 5.34. The number of aromatic nitrogens is 2. The Hall–Kier alpha value is -1.63. The van der Waals surface area contributed by atoms with E-state index in [1.165, 1.54) is 38.5 Å².